The van der Waals surface area contributed by atoms with Gasteiger partial charge in [0.15, 0.2) is 11.6 Å². The van der Waals surface area contributed by atoms with Gasteiger partial charge < -0.3 is 9.47 Å². The van der Waals surface area contributed by atoms with Gasteiger partial charge in [0.1, 0.15) is 5.41 Å². The Morgan fingerprint density at radius 3 is 2.50 bits per heavy atom. The van der Waals surface area contributed by atoms with E-state index in [1.807, 2.05) is 0 Å². The van der Waals surface area contributed by atoms with E-state index in [0.717, 1.165) is 12.1 Å². The minimum atomic E-state index is -0.983. The van der Waals surface area contributed by atoms with Gasteiger partial charge in [0, 0.05) is 0 Å². The predicted octanol–water partition coefficient (Wildman–Crippen LogP) is 1.41. The molecule has 0 amide bonds. The summed E-state index contributed by atoms with van der Waals surface area (Å²) in [6.07, 6.45) is 0. The van der Waals surface area contributed by atoms with Crippen LogP contribution in [0.4, 0.5) is 8.78 Å². The van der Waals surface area contributed by atoms with Crippen LogP contribution >= 0.6 is 0 Å². The Hall–Kier alpha value is -1.49. The highest BCUT2D eigenvalue weighted by atomic mass is 19.2. The first kappa shape index (κ1) is 11.0. The third-order valence-electron chi connectivity index (χ3n) is 2.75. The third kappa shape index (κ3) is 1.48. The van der Waals surface area contributed by atoms with Gasteiger partial charge in [-0.3, -0.25) is 4.79 Å². The first-order chi connectivity index (χ1) is 7.60. The summed E-state index contributed by atoms with van der Waals surface area (Å²) >= 11 is 0. The van der Waals surface area contributed by atoms with Gasteiger partial charge in [-0.1, -0.05) is 6.07 Å². The Morgan fingerprint density at radius 1 is 1.38 bits per heavy atom. The molecule has 1 aliphatic heterocycles. The predicted molar refractivity (Wildman–Crippen MR) is 50.9 cm³/mol. The van der Waals surface area contributed by atoms with Crippen LogP contribution in [0.3, 0.4) is 0 Å². The molecule has 1 fully saturated rings. The van der Waals surface area contributed by atoms with Crippen LogP contribution in [0.2, 0.25) is 0 Å². The van der Waals surface area contributed by atoms with Crippen molar-refractivity contribution in [3.63, 3.8) is 0 Å². The number of esters is 1. The Labute approximate surface area is 91.0 Å². The van der Waals surface area contributed by atoms with E-state index in [1.165, 1.54) is 13.2 Å². The van der Waals surface area contributed by atoms with Crippen molar-refractivity contribution in [2.45, 2.75) is 5.41 Å². The molecule has 16 heavy (non-hydrogen) atoms. The normalized spacial score (nSPS) is 17.7. The zero-order chi connectivity index (χ0) is 11.8. The smallest absolute Gasteiger partial charge is 0.321 e. The number of hydrogen-bond acceptors (Lipinski definition) is 3. The van der Waals surface area contributed by atoms with Crippen LogP contribution in [0.1, 0.15) is 5.56 Å². The molecule has 0 aromatic heterocycles. The van der Waals surface area contributed by atoms with Crippen molar-refractivity contribution in [1.82, 2.24) is 0 Å². The van der Waals surface area contributed by atoms with Crippen LogP contribution in [0.25, 0.3) is 0 Å². The van der Waals surface area contributed by atoms with Gasteiger partial charge in [0.05, 0.1) is 20.3 Å². The molecule has 1 aromatic carbocycles. The molecule has 1 aromatic rings. The van der Waals surface area contributed by atoms with Gasteiger partial charge in [-0.15, -0.1) is 0 Å². The lowest BCUT2D eigenvalue weighted by molar-refractivity contribution is -0.166. The van der Waals surface area contributed by atoms with Gasteiger partial charge >= 0.3 is 5.97 Å². The molecule has 1 heterocycles. The standard InChI is InChI=1S/C11H10F2O3/c1-15-10(14)11(5-16-6-11)7-2-3-8(12)9(13)4-7/h2-4H,5-6H2,1H3. The lowest BCUT2D eigenvalue weighted by Crippen LogP contribution is -2.53. The van der Waals surface area contributed by atoms with Crippen molar-refractivity contribution in [2.24, 2.45) is 0 Å². The van der Waals surface area contributed by atoms with Crippen molar-refractivity contribution in [2.75, 3.05) is 20.3 Å². The summed E-state index contributed by atoms with van der Waals surface area (Å²) in [5.41, 5.74) is -0.604. The van der Waals surface area contributed by atoms with Gasteiger partial charge in [-0.25, -0.2) is 8.78 Å². The van der Waals surface area contributed by atoms with Crippen LogP contribution in [-0.2, 0) is 19.7 Å². The second-order valence-electron chi connectivity index (χ2n) is 3.70. The average molecular weight is 228 g/mol. The van der Waals surface area contributed by atoms with E-state index >= 15 is 0 Å². The molecule has 0 aliphatic carbocycles. The molecule has 0 unspecified atom stereocenters. The molecule has 0 spiro atoms. The molecule has 86 valence electrons. The number of carbonyl (C=O) groups is 1. The summed E-state index contributed by atoms with van der Waals surface area (Å²) in [5, 5.41) is 0. The molecule has 0 radical (unpaired) electrons. The van der Waals surface area contributed by atoms with Gasteiger partial charge in [0.25, 0.3) is 0 Å². The number of carbonyl (C=O) groups excluding carboxylic acids is 1. The van der Waals surface area contributed by atoms with E-state index in [-0.39, 0.29) is 13.2 Å². The van der Waals surface area contributed by atoms with Crippen molar-refractivity contribution in [1.29, 1.82) is 0 Å². The highest BCUT2D eigenvalue weighted by Crippen LogP contribution is 2.34. The molecule has 0 bridgehead atoms. The fraction of sp³-hybridized carbons (Fsp3) is 0.364. The summed E-state index contributed by atoms with van der Waals surface area (Å²) < 4.78 is 35.5. The first-order valence-corrected chi connectivity index (χ1v) is 4.72. The lowest BCUT2D eigenvalue weighted by Gasteiger charge is -2.38. The molecule has 2 rings (SSSR count). The maximum Gasteiger partial charge on any atom is 0.321 e. The average Bonchev–Trinajstić information content (AvgIpc) is 2.21. The fourth-order valence-electron chi connectivity index (χ4n) is 1.70. The molecular formula is C11H10F2O3. The van der Waals surface area contributed by atoms with Crippen LogP contribution < -0.4 is 0 Å². The second kappa shape index (κ2) is 3.83. The maximum atomic E-state index is 13.1. The summed E-state index contributed by atoms with van der Waals surface area (Å²) in [4.78, 5) is 11.6. The molecule has 1 aliphatic rings. The fourth-order valence-corrected chi connectivity index (χ4v) is 1.70. The highest BCUT2D eigenvalue weighted by Gasteiger charge is 2.49. The van der Waals surface area contributed by atoms with Crippen molar-refractivity contribution < 1.29 is 23.0 Å². The monoisotopic (exact) mass is 228 g/mol. The minimum Gasteiger partial charge on any atom is -0.468 e. The zero-order valence-electron chi connectivity index (χ0n) is 8.63. The van der Waals surface area contributed by atoms with Crippen LogP contribution in [0.15, 0.2) is 18.2 Å². The van der Waals surface area contributed by atoms with Crippen molar-refractivity contribution in [3.05, 3.63) is 35.4 Å². The van der Waals surface area contributed by atoms with Crippen LogP contribution in [0, 0.1) is 11.6 Å². The highest BCUT2D eigenvalue weighted by molar-refractivity contribution is 5.84. The summed E-state index contributed by atoms with van der Waals surface area (Å²) in [7, 11) is 1.25. The minimum absolute atomic E-state index is 0.130. The number of benzene rings is 1. The zero-order valence-corrected chi connectivity index (χ0v) is 8.63. The number of hydrogen-bond donors (Lipinski definition) is 0. The van der Waals surface area contributed by atoms with Gasteiger partial charge in [0.2, 0.25) is 0 Å². The van der Waals surface area contributed by atoms with E-state index in [4.69, 9.17) is 4.74 Å². The lowest BCUT2D eigenvalue weighted by atomic mass is 9.78. The second-order valence-corrected chi connectivity index (χ2v) is 3.70. The van der Waals surface area contributed by atoms with Crippen molar-refractivity contribution in [3.8, 4) is 0 Å². The Bertz CT molecular complexity index is 427. The molecule has 0 saturated carbocycles. The molecule has 3 nitrogen and oxygen atoms in total. The molecule has 0 N–H and O–H groups in total. The molecular weight excluding hydrogens is 218 g/mol. The number of methoxy groups -OCH3 is 1. The summed E-state index contributed by atoms with van der Waals surface area (Å²) in [5.74, 6) is -2.42. The van der Waals surface area contributed by atoms with E-state index < -0.39 is 23.0 Å². The SMILES string of the molecule is COC(=O)C1(c2ccc(F)c(F)c2)COC1. The summed E-state index contributed by atoms with van der Waals surface area (Å²) in [6.45, 7) is 0.259. The van der Waals surface area contributed by atoms with E-state index in [1.54, 1.807) is 0 Å². The molecule has 1 saturated heterocycles. The van der Waals surface area contributed by atoms with Crippen LogP contribution in [0.5, 0.6) is 0 Å². The number of halogens is 2. The topological polar surface area (TPSA) is 35.5 Å². The first-order valence-electron chi connectivity index (χ1n) is 4.72. The third-order valence-corrected chi connectivity index (χ3v) is 2.75. The Morgan fingerprint density at radius 2 is 2.06 bits per heavy atom. The number of ether oxygens (including phenoxy) is 2. The van der Waals surface area contributed by atoms with Crippen LogP contribution in [-0.4, -0.2) is 26.3 Å². The maximum absolute atomic E-state index is 13.1. The van der Waals surface area contributed by atoms with E-state index in [0.29, 0.717) is 5.56 Å². The van der Waals surface area contributed by atoms with E-state index in [2.05, 4.69) is 4.74 Å². The largest absolute Gasteiger partial charge is 0.468 e. The quantitative estimate of drug-likeness (QED) is 0.718. The molecule has 5 heteroatoms. The van der Waals surface area contributed by atoms with E-state index in [9.17, 15) is 13.6 Å². The van der Waals surface area contributed by atoms with Gasteiger partial charge in [-0.2, -0.15) is 0 Å². The number of rotatable bonds is 2. The Balaban J connectivity index is 2.41. The summed E-state index contributed by atoms with van der Waals surface area (Å²) in [6, 6.07) is 3.38. The van der Waals surface area contributed by atoms with Gasteiger partial charge in [-0.05, 0) is 17.7 Å². The molecule has 0 atom stereocenters. The Kier molecular flexibility index (Phi) is 2.63. The van der Waals surface area contributed by atoms with Crippen molar-refractivity contribution >= 4 is 5.97 Å².